The van der Waals surface area contributed by atoms with Gasteiger partial charge >= 0.3 is 0 Å². The second kappa shape index (κ2) is 7.58. The van der Waals surface area contributed by atoms with Crippen molar-refractivity contribution in [2.24, 2.45) is 0 Å². The largest absolute Gasteiger partial charge is 0.296 e. The van der Waals surface area contributed by atoms with E-state index in [0.29, 0.717) is 22.0 Å². The van der Waals surface area contributed by atoms with E-state index in [1.54, 1.807) is 24.3 Å². The molecule has 3 rings (SSSR count). The Morgan fingerprint density at radius 1 is 0.963 bits per heavy atom. The zero-order valence-electron chi connectivity index (χ0n) is 14.1. The SMILES string of the molecule is N#CC(C#N)=C1CC(c2ccccc2)=C(C#N)C(=N)N1c1ccc(Cl)cc1. The van der Waals surface area contributed by atoms with Crippen LogP contribution in [0.3, 0.4) is 0 Å². The monoisotopic (exact) mass is 369 g/mol. The van der Waals surface area contributed by atoms with Gasteiger partial charge in [-0.15, -0.1) is 0 Å². The third kappa shape index (κ3) is 3.31. The van der Waals surface area contributed by atoms with Crippen LogP contribution in [0, 0.1) is 39.4 Å². The molecule has 0 fully saturated rings. The molecule has 128 valence electrons. The maximum atomic E-state index is 9.70. The van der Waals surface area contributed by atoms with Gasteiger partial charge in [0, 0.05) is 17.1 Å². The van der Waals surface area contributed by atoms with E-state index in [0.717, 1.165) is 5.56 Å². The number of benzene rings is 2. The Morgan fingerprint density at radius 2 is 1.59 bits per heavy atom. The molecule has 0 saturated carbocycles. The summed E-state index contributed by atoms with van der Waals surface area (Å²) in [5.41, 5.74) is 2.43. The molecule has 6 heteroatoms. The van der Waals surface area contributed by atoms with Crippen LogP contribution in [-0.2, 0) is 0 Å². The Morgan fingerprint density at radius 3 is 2.15 bits per heavy atom. The Labute approximate surface area is 161 Å². The van der Waals surface area contributed by atoms with Crippen molar-refractivity contribution in [2.75, 3.05) is 4.90 Å². The van der Waals surface area contributed by atoms with Crippen LogP contribution in [0.15, 0.2) is 71.4 Å². The van der Waals surface area contributed by atoms with Crippen LogP contribution in [0.25, 0.3) is 5.57 Å². The molecule has 2 aromatic carbocycles. The Hall–Kier alpha value is -3.85. The summed E-state index contributed by atoms with van der Waals surface area (Å²) in [5, 5.41) is 37.7. The van der Waals surface area contributed by atoms with Crippen LogP contribution in [0.2, 0.25) is 5.02 Å². The van der Waals surface area contributed by atoms with Gasteiger partial charge in [-0.3, -0.25) is 10.3 Å². The van der Waals surface area contributed by atoms with Gasteiger partial charge in [0.15, 0.2) is 0 Å². The van der Waals surface area contributed by atoms with Crippen molar-refractivity contribution in [3.05, 3.63) is 82.0 Å². The summed E-state index contributed by atoms with van der Waals surface area (Å²) < 4.78 is 0. The maximum absolute atomic E-state index is 9.70. The molecule has 0 radical (unpaired) electrons. The number of allylic oxidation sites excluding steroid dienone is 2. The van der Waals surface area contributed by atoms with E-state index < -0.39 is 0 Å². The summed E-state index contributed by atoms with van der Waals surface area (Å²) in [6.07, 6.45) is 0.189. The minimum Gasteiger partial charge on any atom is -0.296 e. The normalized spacial score (nSPS) is 13.6. The first-order valence-electron chi connectivity index (χ1n) is 7.97. The molecule has 0 saturated heterocycles. The highest BCUT2D eigenvalue weighted by Gasteiger charge is 2.32. The first-order chi connectivity index (χ1) is 13.1. The Kier molecular flexibility index (Phi) is 5.04. The lowest BCUT2D eigenvalue weighted by atomic mass is 9.89. The number of nitrogens with one attached hydrogen (secondary N) is 1. The summed E-state index contributed by atoms with van der Waals surface area (Å²) in [6, 6.07) is 21.8. The van der Waals surface area contributed by atoms with Crippen LogP contribution in [0.1, 0.15) is 12.0 Å². The molecule has 1 heterocycles. The van der Waals surface area contributed by atoms with E-state index in [2.05, 4.69) is 6.07 Å². The predicted molar refractivity (Wildman–Crippen MR) is 104 cm³/mol. The van der Waals surface area contributed by atoms with Gasteiger partial charge in [0.1, 0.15) is 29.6 Å². The lowest BCUT2D eigenvalue weighted by Crippen LogP contribution is -2.35. The molecule has 0 spiro atoms. The topological polar surface area (TPSA) is 98.5 Å². The quantitative estimate of drug-likeness (QED) is 0.768. The van der Waals surface area contributed by atoms with E-state index >= 15 is 0 Å². The Balaban J connectivity index is 2.27. The summed E-state index contributed by atoms with van der Waals surface area (Å²) in [4.78, 5) is 1.46. The van der Waals surface area contributed by atoms with E-state index in [4.69, 9.17) is 17.0 Å². The van der Waals surface area contributed by atoms with Crippen molar-refractivity contribution in [2.45, 2.75) is 6.42 Å². The van der Waals surface area contributed by atoms with Crippen LogP contribution >= 0.6 is 11.6 Å². The van der Waals surface area contributed by atoms with Gasteiger partial charge in [-0.2, -0.15) is 15.8 Å². The van der Waals surface area contributed by atoms with Gasteiger partial charge in [-0.1, -0.05) is 41.9 Å². The highest BCUT2D eigenvalue weighted by molar-refractivity contribution is 6.30. The van der Waals surface area contributed by atoms with Gasteiger partial charge in [0.25, 0.3) is 0 Å². The number of nitrogens with zero attached hydrogens (tertiary/aromatic N) is 4. The number of rotatable bonds is 2. The smallest absolute Gasteiger partial charge is 0.149 e. The number of nitriles is 3. The minimum atomic E-state index is -0.0971. The van der Waals surface area contributed by atoms with Crippen LogP contribution in [-0.4, -0.2) is 5.84 Å². The first kappa shape index (κ1) is 18.0. The number of amidine groups is 1. The van der Waals surface area contributed by atoms with Gasteiger partial charge in [-0.25, -0.2) is 0 Å². The summed E-state index contributed by atoms with van der Waals surface area (Å²) in [5.74, 6) is -0.0806. The number of halogens is 1. The highest BCUT2D eigenvalue weighted by atomic mass is 35.5. The molecule has 1 aliphatic rings. The molecule has 1 N–H and O–H groups in total. The fourth-order valence-corrected chi connectivity index (χ4v) is 3.09. The number of hydrogen-bond acceptors (Lipinski definition) is 4. The molecular formula is C21H12ClN5. The Bertz CT molecular complexity index is 1070. The van der Waals surface area contributed by atoms with Crippen LogP contribution < -0.4 is 4.90 Å². The highest BCUT2D eigenvalue weighted by Crippen LogP contribution is 2.38. The molecular weight excluding hydrogens is 358 g/mol. The fraction of sp³-hybridized carbons (Fsp3) is 0.0476. The van der Waals surface area contributed by atoms with Crippen LogP contribution in [0.4, 0.5) is 5.69 Å². The average molecular weight is 370 g/mol. The van der Waals surface area contributed by atoms with Crippen molar-refractivity contribution < 1.29 is 0 Å². The van der Waals surface area contributed by atoms with Gasteiger partial charge in [-0.05, 0) is 35.4 Å². The van der Waals surface area contributed by atoms with Gasteiger partial charge in [0.2, 0.25) is 0 Å². The molecule has 0 aromatic heterocycles. The third-order valence-electron chi connectivity index (χ3n) is 4.21. The van der Waals surface area contributed by atoms with Gasteiger partial charge in [0.05, 0.1) is 11.3 Å². The van der Waals surface area contributed by atoms with E-state index in [1.807, 2.05) is 42.5 Å². The van der Waals surface area contributed by atoms with E-state index in [9.17, 15) is 15.8 Å². The number of anilines is 1. The minimum absolute atomic E-state index is 0.0806. The van der Waals surface area contributed by atoms with Crippen molar-refractivity contribution in [1.82, 2.24) is 0 Å². The van der Waals surface area contributed by atoms with Crippen molar-refractivity contribution in [3.63, 3.8) is 0 Å². The first-order valence-corrected chi connectivity index (χ1v) is 8.35. The van der Waals surface area contributed by atoms with Gasteiger partial charge < -0.3 is 0 Å². The third-order valence-corrected chi connectivity index (χ3v) is 4.46. The predicted octanol–water partition coefficient (Wildman–Crippen LogP) is 4.81. The summed E-state index contributed by atoms with van der Waals surface area (Å²) >= 11 is 5.95. The van der Waals surface area contributed by atoms with E-state index in [-0.39, 0.29) is 23.4 Å². The molecule has 1 aliphatic heterocycles. The fourth-order valence-electron chi connectivity index (χ4n) is 2.96. The van der Waals surface area contributed by atoms with Crippen molar-refractivity contribution in [3.8, 4) is 18.2 Å². The molecule has 5 nitrogen and oxygen atoms in total. The average Bonchev–Trinajstić information content (AvgIpc) is 2.70. The molecule has 0 aliphatic carbocycles. The molecule has 0 amide bonds. The lowest BCUT2D eigenvalue weighted by molar-refractivity contribution is 1.06. The van der Waals surface area contributed by atoms with E-state index in [1.165, 1.54) is 4.90 Å². The van der Waals surface area contributed by atoms with Crippen molar-refractivity contribution >= 4 is 28.7 Å². The molecule has 2 aromatic rings. The second-order valence-corrected chi connectivity index (χ2v) is 6.15. The summed E-state index contributed by atoms with van der Waals surface area (Å²) in [7, 11) is 0. The molecule has 27 heavy (non-hydrogen) atoms. The molecule has 0 atom stereocenters. The zero-order chi connectivity index (χ0) is 19.4. The molecule has 0 unspecified atom stereocenters. The zero-order valence-corrected chi connectivity index (χ0v) is 14.8. The molecule has 0 bridgehead atoms. The second-order valence-electron chi connectivity index (χ2n) is 5.71. The maximum Gasteiger partial charge on any atom is 0.149 e. The summed E-state index contributed by atoms with van der Waals surface area (Å²) in [6.45, 7) is 0. The van der Waals surface area contributed by atoms with Crippen LogP contribution in [0.5, 0.6) is 0 Å². The van der Waals surface area contributed by atoms with Crippen molar-refractivity contribution in [1.29, 1.82) is 21.2 Å². The number of hydrogen-bond donors (Lipinski definition) is 1. The standard InChI is InChI=1S/C21H12ClN5/c22-16-6-8-17(9-7-16)27-20(15(11-23)12-24)10-18(19(13-25)21(27)26)14-4-2-1-3-5-14/h1-9,26H,10H2. The lowest BCUT2D eigenvalue weighted by Gasteiger charge is -2.33.